The number of ether oxygens (including phenoxy) is 2. The molecule has 35 heavy (non-hydrogen) atoms. The maximum absolute atomic E-state index is 13.1. The number of carbonyl (C=O) groups is 2. The monoisotopic (exact) mass is 482 g/mol. The van der Waals surface area contributed by atoms with E-state index in [2.05, 4.69) is 27.8 Å². The zero-order chi connectivity index (χ0) is 25.0. The molecule has 1 saturated heterocycles. The lowest BCUT2D eigenvalue weighted by molar-refractivity contribution is 0.0944. The van der Waals surface area contributed by atoms with Crippen LogP contribution in [0, 0.1) is 5.92 Å². The fourth-order valence-electron chi connectivity index (χ4n) is 4.07. The quantitative estimate of drug-likeness (QED) is 0.387. The minimum absolute atomic E-state index is 0.152. The van der Waals surface area contributed by atoms with Crippen molar-refractivity contribution in [1.82, 2.24) is 5.32 Å². The number of nitrogens with zero attached hydrogens (tertiary/aromatic N) is 1. The third-order valence-electron chi connectivity index (χ3n) is 6.01. The van der Waals surface area contributed by atoms with E-state index in [9.17, 15) is 9.59 Å². The molecule has 0 aliphatic carbocycles. The van der Waals surface area contributed by atoms with Crippen molar-refractivity contribution in [2.45, 2.75) is 40.0 Å². The highest BCUT2D eigenvalue weighted by Crippen LogP contribution is 2.29. The number of nitrogens with one attached hydrogen (secondary N) is 3. The van der Waals surface area contributed by atoms with Crippen LogP contribution in [0.3, 0.4) is 0 Å². The van der Waals surface area contributed by atoms with E-state index in [0.29, 0.717) is 55.0 Å². The van der Waals surface area contributed by atoms with E-state index in [1.54, 1.807) is 18.2 Å². The van der Waals surface area contributed by atoms with Gasteiger partial charge in [0.1, 0.15) is 5.75 Å². The Morgan fingerprint density at radius 2 is 1.80 bits per heavy atom. The van der Waals surface area contributed by atoms with E-state index in [1.807, 2.05) is 38.1 Å². The first-order valence-corrected chi connectivity index (χ1v) is 12.6. The molecule has 1 aliphatic heterocycles. The second-order valence-electron chi connectivity index (χ2n) is 8.72. The third-order valence-corrected chi connectivity index (χ3v) is 6.01. The topological polar surface area (TPSA) is 91.9 Å². The van der Waals surface area contributed by atoms with Crippen LogP contribution in [0.15, 0.2) is 42.5 Å². The maximum Gasteiger partial charge on any atom is 0.323 e. The molecule has 0 unspecified atom stereocenters. The minimum atomic E-state index is -0.403. The Morgan fingerprint density at radius 1 is 1.03 bits per heavy atom. The number of hydrogen-bond donors (Lipinski definition) is 3. The van der Waals surface area contributed by atoms with Crippen LogP contribution in [0.25, 0.3) is 0 Å². The summed E-state index contributed by atoms with van der Waals surface area (Å²) in [6.07, 6.45) is 2.93. The molecule has 1 heterocycles. The van der Waals surface area contributed by atoms with Gasteiger partial charge in [-0.2, -0.15) is 0 Å². The van der Waals surface area contributed by atoms with Crippen molar-refractivity contribution in [3.8, 4) is 5.75 Å². The van der Waals surface area contributed by atoms with Crippen LogP contribution < -0.4 is 25.6 Å². The summed E-state index contributed by atoms with van der Waals surface area (Å²) in [5, 5.41) is 8.68. The van der Waals surface area contributed by atoms with Gasteiger partial charge in [0.05, 0.1) is 17.9 Å². The summed E-state index contributed by atoms with van der Waals surface area (Å²) >= 11 is 0. The molecular formula is C27H38N4O4. The fourth-order valence-corrected chi connectivity index (χ4v) is 4.07. The van der Waals surface area contributed by atoms with Crippen molar-refractivity contribution in [3.05, 3.63) is 48.0 Å². The van der Waals surface area contributed by atoms with Crippen molar-refractivity contribution in [2.75, 3.05) is 55.0 Å². The molecule has 0 saturated carbocycles. The second-order valence-corrected chi connectivity index (χ2v) is 8.72. The van der Waals surface area contributed by atoms with Crippen molar-refractivity contribution in [3.63, 3.8) is 0 Å². The summed E-state index contributed by atoms with van der Waals surface area (Å²) in [5.74, 6) is 1.14. The largest absolute Gasteiger partial charge is 0.492 e. The molecular weight excluding hydrogens is 444 g/mol. The van der Waals surface area contributed by atoms with E-state index in [0.717, 1.165) is 38.0 Å². The summed E-state index contributed by atoms with van der Waals surface area (Å²) < 4.78 is 10.9. The lowest BCUT2D eigenvalue weighted by atomic mass is 9.98. The first-order chi connectivity index (χ1) is 17.0. The van der Waals surface area contributed by atoms with Crippen LogP contribution >= 0.6 is 0 Å². The highest BCUT2D eigenvalue weighted by molar-refractivity contribution is 6.04. The van der Waals surface area contributed by atoms with E-state index in [-0.39, 0.29) is 5.91 Å². The van der Waals surface area contributed by atoms with Gasteiger partial charge < -0.3 is 30.3 Å². The Balaban J connectivity index is 1.73. The molecule has 2 aromatic rings. The molecule has 0 spiro atoms. The van der Waals surface area contributed by atoms with Crippen molar-refractivity contribution < 1.29 is 19.1 Å². The lowest BCUT2D eigenvalue weighted by Crippen LogP contribution is -2.35. The number of urea groups is 1. The highest BCUT2D eigenvalue weighted by atomic mass is 16.5. The molecule has 0 atom stereocenters. The normalized spacial score (nSPS) is 13.9. The molecule has 0 aromatic heterocycles. The molecule has 2 aromatic carbocycles. The number of hydrogen-bond acceptors (Lipinski definition) is 5. The predicted molar refractivity (Wildman–Crippen MR) is 141 cm³/mol. The van der Waals surface area contributed by atoms with Gasteiger partial charge in [-0.15, -0.1) is 0 Å². The Labute approximate surface area is 208 Å². The molecule has 8 heteroatoms. The van der Waals surface area contributed by atoms with E-state index in [1.165, 1.54) is 0 Å². The minimum Gasteiger partial charge on any atom is -0.492 e. The Morgan fingerprint density at radius 3 is 2.54 bits per heavy atom. The molecule has 3 amide bonds. The van der Waals surface area contributed by atoms with Gasteiger partial charge in [0.25, 0.3) is 5.91 Å². The molecule has 1 fully saturated rings. The van der Waals surface area contributed by atoms with Gasteiger partial charge in [-0.25, -0.2) is 4.79 Å². The first kappa shape index (κ1) is 26.3. The van der Waals surface area contributed by atoms with E-state index >= 15 is 0 Å². The average Bonchev–Trinajstić information content (AvgIpc) is 2.85. The van der Waals surface area contributed by atoms with Crippen molar-refractivity contribution in [1.29, 1.82) is 0 Å². The second kappa shape index (κ2) is 13.6. The standard InChI is InChI=1S/C27H38N4O4/c1-4-34-18-8-15-28-26(32)22-19-21(11-12-24(22)31-16-13-20(3)14-17-31)29-27(33)30-23-9-6-7-10-25(23)35-5-2/h6-7,9-12,19-20H,4-5,8,13-18H2,1-3H3,(H,28,32)(H2,29,30,33). The molecule has 8 nitrogen and oxygen atoms in total. The molecule has 0 radical (unpaired) electrons. The Hall–Kier alpha value is -3.26. The highest BCUT2D eigenvalue weighted by Gasteiger charge is 2.22. The van der Waals surface area contributed by atoms with Crippen LogP contribution in [0.5, 0.6) is 5.75 Å². The van der Waals surface area contributed by atoms with Gasteiger partial charge in [0.15, 0.2) is 0 Å². The third kappa shape index (κ3) is 7.89. The number of para-hydroxylation sites is 2. The zero-order valence-electron chi connectivity index (χ0n) is 21.1. The SMILES string of the molecule is CCOCCCNC(=O)c1cc(NC(=O)Nc2ccccc2OCC)ccc1N1CCC(C)CC1. The smallest absolute Gasteiger partial charge is 0.323 e. The van der Waals surface area contributed by atoms with Crippen LogP contribution in [0.1, 0.15) is 50.4 Å². The summed E-state index contributed by atoms with van der Waals surface area (Å²) in [5.41, 5.74) is 2.58. The van der Waals surface area contributed by atoms with Gasteiger partial charge in [-0.1, -0.05) is 19.1 Å². The number of piperidine rings is 1. The van der Waals surface area contributed by atoms with E-state index < -0.39 is 6.03 Å². The summed E-state index contributed by atoms with van der Waals surface area (Å²) in [6, 6.07) is 12.4. The van der Waals surface area contributed by atoms with Crippen molar-refractivity contribution >= 4 is 29.0 Å². The van der Waals surface area contributed by atoms with Crippen LogP contribution in [-0.4, -0.2) is 51.4 Å². The zero-order valence-corrected chi connectivity index (χ0v) is 21.1. The van der Waals surface area contributed by atoms with Gasteiger partial charge in [-0.05, 0) is 69.4 Å². The van der Waals surface area contributed by atoms with Gasteiger partial charge in [0.2, 0.25) is 0 Å². The number of amides is 3. The Kier molecular flexibility index (Phi) is 10.2. The lowest BCUT2D eigenvalue weighted by Gasteiger charge is -2.33. The first-order valence-electron chi connectivity index (χ1n) is 12.6. The summed E-state index contributed by atoms with van der Waals surface area (Å²) in [6.45, 7) is 10.2. The average molecular weight is 483 g/mol. The molecule has 3 N–H and O–H groups in total. The van der Waals surface area contributed by atoms with Crippen LogP contribution in [-0.2, 0) is 4.74 Å². The summed E-state index contributed by atoms with van der Waals surface area (Å²) in [4.78, 5) is 28.1. The molecule has 0 bridgehead atoms. The number of rotatable bonds is 11. The van der Waals surface area contributed by atoms with E-state index in [4.69, 9.17) is 9.47 Å². The number of anilines is 3. The van der Waals surface area contributed by atoms with Crippen LogP contribution in [0.2, 0.25) is 0 Å². The Bertz CT molecular complexity index is 973. The number of carbonyl (C=O) groups excluding carboxylic acids is 2. The number of benzene rings is 2. The molecule has 190 valence electrons. The summed E-state index contributed by atoms with van der Waals surface area (Å²) in [7, 11) is 0. The predicted octanol–water partition coefficient (Wildman–Crippen LogP) is 5.12. The van der Waals surface area contributed by atoms with Crippen molar-refractivity contribution in [2.24, 2.45) is 5.92 Å². The molecule has 3 rings (SSSR count). The van der Waals surface area contributed by atoms with Gasteiger partial charge in [-0.3, -0.25) is 4.79 Å². The molecule has 1 aliphatic rings. The van der Waals surface area contributed by atoms with Gasteiger partial charge >= 0.3 is 6.03 Å². The fraction of sp³-hybridized carbons (Fsp3) is 0.481. The van der Waals surface area contributed by atoms with Crippen LogP contribution in [0.4, 0.5) is 21.9 Å². The van der Waals surface area contributed by atoms with Gasteiger partial charge in [0, 0.05) is 44.2 Å². The maximum atomic E-state index is 13.1.